The molecule has 1 aliphatic heterocycles. The summed E-state index contributed by atoms with van der Waals surface area (Å²) in [5.41, 5.74) is 3.38. The smallest absolute Gasteiger partial charge is 0.225 e. The molecule has 1 aromatic rings. The Morgan fingerprint density at radius 3 is 2.31 bits per heavy atom. The first-order valence-electron chi connectivity index (χ1n) is 10.7. The molecule has 0 spiro atoms. The zero-order valence-electron chi connectivity index (χ0n) is 18.9. The maximum absolute atomic E-state index is 12.6. The van der Waals surface area contributed by atoms with Gasteiger partial charge in [0.2, 0.25) is 5.91 Å². The maximum Gasteiger partial charge on any atom is 0.225 e. The van der Waals surface area contributed by atoms with Gasteiger partial charge in [-0.3, -0.25) is 9.48 Å². The Hall–Kier alpha value is -1.32. The second-order valence-corrected chi connectivity index (χ2v) is 7.73. The van der Waals surface area contributed by atoms with Crippen molar-refractivity contribution in [2.24, 2.45) is 18.0 Å². The van der Waals surface area contributed by atoms with E-state index in [4.69, 9.17) is 4.99 Å². The minimum absolute atomic E-state index is 0. The molecule has 8 heteroatoms. The number of rotatable bonds is 7. The number of likely N-dealkylation sites (tertiary alicyclic amines) is 1. The average molecular weight is 518 g/mol. The summed E-state index contributed by atoms with van der Waals surface area (Å²) < 4.78 is 1.91. The topological polar surface area (TPSA) is 74.6 Å². The third kappa shape index (κ3) is 6.86. The standard InChI is InChI=1S/C21H38N6O.HI/c1-7-17(8-2)20(28)27-12-10-18(11-13-27)24-21(22-9-3)23-14-19-15(4)25-26(6)16(19)5;/h17-18H,7-14H2,1-6H3,(H2,22,23,24);1H. The first-order valence-corrected chi connectivity index (χ1v) is 10.7. The van der Waals surface area contributed by atoms with Gasteiger partial charge in [0, 0.05) is 49.9 Å². The second-order valence-electron chi connectivity index (χ2n) is 7.73. The van der Waals surface area contributed by atoms with Crippen LogP contribution in [0.1, 0.15) is 63.4 Å². The summed E-state index contributed by atoms with van der Waals surface area (Å²) in [6.45, 7) is 13.5. The number of carbonyl (C=O) groups excluding carboxylic acids is 1. The van der Waals surface area contributed by atoms with Gasteiger partial charge in [0.15, 0.2) is 5.96 Å². The van der Waals surface area contributed by atoms with Crippen molar-refractivity contribution in [3.63, 3.8) is 0 Å². The van der Waals surface area contributed by atoms with Crippen LogP contribution in [0.4, 0.5) is 0 Å². The van der Waals surface area contributed by atoms with Crippen molar-refractivity contribution in [2.45, 2.75) is 72.9 Å². The molecule has 29 heavy (non-hydrogen) atoms. The van der Waals surface area contributed by atoms with Crippen LogP contribution in [-0.4, -0.2) is 52.2 Å². The Morgan fingerprint density at radius 2 is 1.83 bits per heavy atom. The van der Waals surface area contributed by atoms with Crippen LogP contribution >= 0.6 is 24.0 Å². The molecule has 1 amide bonds. The minimum atomic E-state index is 0. The molecule has 1 fully saturated rings. The van der Waals surface area contributed by atoms with Gasteiger partial charge < -0.3 is 15.5 Å². The molecule has 1 aliphatic rings. The SMILES string of the molecule is CCNC(=NCc1c(C)nn(C)c1C)NC1CCN(C(=O)C(CC)CC)CC1.I. The van der Waals surface area contributed by atoms with E-state index in [1.54, 1.807) is 0 Å². The van der Waals surface area contributed by atoms with E-state index in [1.807, 2.05) is 23.6 Å². The Kier molecular flexibility index (Phi) is 11.0. The number of nitrogens with zero attached hydrogens (tertiary/aromatic N) is 4. The minimum Gasteiger partial charge on any atom is -0.357 e. The van der Waals surface area contributed by atoms with E-state index in [9.17, 15) is 4.79 Å². The molecule has 2 heterocycles. The lowest BCUT2D eigenvalue weighted by atomic mass is 9.98. The Labute approximate surface area is 193 Å². The van der Waals surface area contributed by atoms with Crippen molar-refractivity contribution in [1.82, 2.24) is 25.3 Å². The molecule has 7 nitrogen and oxygen atoms in total. The molecule has 0 aromatic carbocycles. The molecule has 2 N–H and O–H groups in total. The fourth-order valence-electron chi connectivity index (χ4n) is 3.86. The van der Waals surface area contributed by atoms with Crippen molar-refractivity contribution in [2.75, 3.05) is 19.6 Å². The molecule has 166 valence electrons. The van der Waals surface area contributed by atoms with Crippen molar-refractivity contribution in [3.8, 4) is 0 Å². The highest BCUT2D eigenvalue weighted by Crippen LogP contribution is 2.17. The van der Waals surface area contributed by atoms with Gasteiger partial charge in [-0.1, -0.05) is 13.8 Å². The van der Waals surface area contributed by atoms with Crippen LogP contribution in [0.2, 0.25) is 0 Å². The van der Waals surface area contributed by atoms with Crippen LogP contribution in [0.5, 0.6) is 0 Å². The van der Waals surface area contributed by atoms with E-state index in [0.717, 1.165) is 62.7 Å². The summed E-state index contributed by atoms with van der Waals surface area (Å²) >= 11 is 0. The fourth-order valence-corrected chi connectivity index (χ4v) is 3.86. The number of guanidine groups is 1. The highest BCUT2D eigenvalue weighted by molar-refractivity contribution is 14.0. The zero-order valence-corrected chi connectivity index (χ0v) is 21.2. The van der Waals surface area contributed by atoms with Crippen molar-refractivity contribution < 1.29 is 4.79 Å². The molecule has 0 aliphatic carbocycles. The summed E-state index contributed by atoms with van der Waals surface area (Å²) in [5, 5.41) is 11.4. The summed E-state index contributed by atoms with van der Waals surface area (Å²) in [4.78, 5) is 19.4. The largest absolute Gasteiger partial charge is 0.357 e. The summed E-state index contributed by atoms with van der Waals surface area (Å²) in [5.74, 6) is 1.34. The Morgan fingerprint density at radius 1 is 1.21 bits per heavy atom. The average Bonchev–Trinajstić information content (AvgIpc) is 2.93. The summed E-state index contributed by atoms with van der Waals surface area (Å²) in [6.07, 6.45) is 3.78. The van der Waals surface area contributed by atoms with Gasteiger partial charge in [-0.25, -0.2) is 4.99 Å². The number of aryl methyl sites for hydroxylation is 2. The van der Waals surface area contributed by atoms with E-state index < -0.39 is 0 Å². The normalized spacial score (nSPS) is 15.4. The third-order valence-corrected chi connectivity index (χ3v) is 5.88. The van der Waals surface area contributed by atoms with E-state index in [2.05, 4.69) is 43.4 Å². The Bertz CT molecular complexity index is 675. The predicted octanol–water partition coefficient (Wildman–Crippen LogP) is 3.14. The zero-order chi connectivity index (χ0) is 20.7. The van der Waals surface area contributed by atoms with Gasteiger partial charge in [-0.05, 0) is 46.5 Å². The Balaban J connectivity index is 0.00000420. The lowest BCUT2D eigenvalue weighted by Crippen LogP contribution is -2.50. The molecular formula is C21H39IN6O. The second kappa shape index (κ2) is 12.4. The summed E-state index contributed by atoms with van der Waals surface area (Å²) in [6, 6.07) is 0.347. The highest BCUT2D eigenvalue weighted by atomic mass is 127. The van der Waals surface area contributed by atoms with Crippen LogP contribution in [0.3, 0.4) is 0 Å². The first kappa shape index (κ1) is 25.7. The van der Waals surface area contributed by atoms with E-state index in [1.165, 1.54) is 5.56 Å². The van der Waals surface area contributed by atoms with Gasteiger partial charge in [-0.15, -0.1) is 24.0 Å². The molecular weight excluding hydrogens is 479 g/mol. The number of aromatic nitrogens is 2. The van der Waals surface area contributed by atoms with E-state index in [0.29, 0.717) is 18.5 Å². The van der Waals surface area contributed by atoms with E-state index >= 15 is 0 Å². The summed E-state index contributed by atoms with van der Waals surface area (Å²) in [7, 11) is 1.97. The maximum atomic E-state index is 12.6. The van der Waals surface area contributed by atoms with Crippen molar-refractivity contribution in [1.29, 1.82) is 0 Å². The van der Waals surface area contributed by atoms with Crippen LogP contribution in [0, 0.1) is 19.8 Å². The molecule has 1 aromatic heterocycles. The molecule has 0 radical (unpaired) electrons. The van der Waals surface area contributed by atoms with Crippen molar-refractivity contribution in [3.05, 3.63) is 17.0 Å². The molecule has 1 saturated heterocycles. The predicted molar refractivity (Wildman–Crippen MR) is 130 cm³/mol. The number of amides is 1. The van der Waals surface area contributed by atoms with Crippen LogP contribution in [-0.2, 0) is 18.4 Å². The van der Waals surface area contributed by atoms with Gasteiger partial charge in [-0.2, -0.15) is 5.10 Å². The van der Waals surface area contributed by atoms with Gasteiger partial charge in [0.1, 0.15) is 0 Å². The van der Waals surface area contributed by atoms with Crippen LogP contribution in [0.25, 0.3) is 0 Å². The number of aliphatic imine (C=N–C) groups is 1. The number of hydrogen-bond donors (Lipinski definition) is 2. The number of hydrogen-bond acceptors (Lipinski definition) is 3. The quantitative estimate of drug-likeness (QED) is 0.331. The van der Waals surface area contributed by atoms with Crippen LogP contribution < -0.4 is 10.6 Å². The number of carbonyl (C=O) groups is 1. The number of halogens is 1. The molecule has 0 atom stereocenters. The molecule has 0 bridgehead atoms. The highest BCUT2D eigenvalue weighted by Gasteiger charge is 2.26. The molecule has 2 rings (SSSR count). The molecule has 0 saturated carbocycles. The lowest BCUT2D eigenvalue weighted by Gasteiger charge is -2.34. The van der Waals surface area contributed by atoms with Gasteiger partial charge in [0.05, 0.1) is 12.2 Å². The third-order valence-electron chi connectivity index (χ3n) is 5.88. The molecule has 0 unspecified atom stereocenters. The lowest BCUT2D eigenvalue weighted by molar-refractivity contribution is -0.136. The van der Waals surface area contributed by atoms with Crippen LogP contribution in [0.15, 0.2) is 4.99 Å². The number of piperidine rings is 1. The fraction of sp³-hybridized carbons (Fsp3) is 0.762. The van der Waals surface area contributed by atoms with Gasteiger partial charge in [0.25, 0.3) is 0 Å². The van der Waals surface area contributed by atoms with Crippen molar-refractivity contribution >= 4 is 35.8 Å². The van der Waals surface area contributed by atoms with E-state index in [-0.39, 0.29) is 29.9 Å². The van der Waals surface area contributed by atoms with Gasteiger partial charge >= 0.3 is 0 Å². The number of nitrogens with one attached hydrogen (secondary N) is 2. The first-order chi connectivity index (χ1) is 13.4. The monoisotopic (exact) mass is 518 g/mol.